The fourth-order valence-electron chi connectivity index (χ4n) is 2.19. The molecule has 6 nitrogen and oxygen atoms in total. The molecule has 1 aliphatic carbocycles. The lowest BCUT2D eigenvalue weighted by atomic mass is 9.83. The first-order valence-electron chi connectivity index (χ1n) is 6.33. The van der Waals surface area contributed by atoms with E-state index in [0.717, 1.165) is 6.42 Å². The lowest BCUT2D eigenvalue weighted by Crippen LogP contribution is -2.64. The topological polar surface area (TPSA) is 86.5 Å². The van der Waals surface area contributed by atoms with E-state index in [1.165, 1.54) is 13.3 Å². The number of carbonyl (C=O) groups is 1. The number of nitrogens with zero attached hydrogens (tertiary/aromatic N) is 1. The van der Waals surface area contributed by atoms with Crippen LogP contribution in [0.1, 0.15) is 23.7 Å². The highest BCUT2D eigenvalue weighted by Crippen LogP contribution is 2.24. The summed E-state index contributed by atoms with van der Waals surface area (Å²) in [5.41, 5.74) is 6.35. The van der Waals surface area contributed by atoms with E-state index >= 15 is 0 Å². The molecule has 2 rings (SSSR count). The van der Waals surface area contributed by atoms with Crippen molar-refractivity contribution in [2.24, 2.45) is 5.73 Å². The Bertz CT molecular complexity index is 451. The molecule has 1 aliphatic rings. The number of nitrogens with two attached hydrogens (primary N) is 1. The van der Waals surface area contributed by atoms with Crippen LogP contribution in [0.4, 0.5) is 0 Å². The summed E-state index contributed by atoms with van der Waals surface area (Å²) in [6.45, 7) is 2.54. The number of carbonyl (C=O) groups excluding carboxylic acids is 1. The van der Waals surface area contributed by atoms with Crippen molar-refractivity contribution in [2.45, 2.75) is 31.5 Å². The van der Waals surface area contributed by atoms with Gasteiger partial charge >= 0.3 is 0 Å². The molecule has 6 heteroatoms. The molecule has 19 heavy (non-hydrogen) atoms. The van der Waals surface area contributed by atoms with Crippen LogP contribution in [0, 0.1) is 0 Å². The van der Waals surface area contributed by atoms with Crippen molar-refractivity contribution in [2.75, 3.05) is 13.7 Å². The first-order valence-corrected chi connectivity index (χ1v) is 6.33. The number of methoxy groups -OCH3 is 1. The van der Waals surface area contributed by atoms with Gasteiger partial charge in [-0.2, -0.15) is 0 Å². The third kappa shape index (κ3) is 2.85. The van der Waals surface area contributed by atoms with Gasteiger partial charge in [-0.1, -0.05) is 0 Å². The Morgan fingerprint density at radius 2 is 2.42 bits per heavy atom. The van der Waals surface area contributed by atoms with Gasteiger partial charge in [0.2, 0.25) is 0 Å². The van der Waals surface area contributed by atoms with E-state index in [4.69, 9.17) is 15.2 Å². The molecule has 1 fully saturated rings. The number of aromatic nitrogens is 1. The van der Waals surface area contributed by atoms with Gasteiger partial charge in [0.15, 0.2) is 0 Å². The lowest BCUT2D eigenvalue weighted by Gasteiger charge is -2.42. The third-order valence-electron chi connectivity index (χ3n) is 3.29. The first kappa shape index (κ1) is 13.8. The fourth-order valence-corrected chi connectivity index (χ4v) is 2.19. The Kier molecular flexibility index (Phi) is 4.34. The predicted molar refractivity (Wildman–Crippen MR) is 70.0 cm³/mol. The summed E-state index contributed by atoms with van der Waals surface area (Å²) < 4.78 is 10.6. The molecule has 3 atom stereocenters. The Labute approximate surface area is 112 Å². The van der Waals surface area contributed by atoms with Gasteiger partial charge in [0.25, 0.3) is 5.91 Å². The monoisotopic (exact) mass is 265 g/mol. The average molecular weight is 265 g/mol. The molecule has 0 spiro atoms. The number of rotatable bonds is 5. The molecule has 0 radical (unpaired) electrons. The molecular formula is C13H19N3O3. The van der Waals surface area contributed by atoms with Crippen molar-refractivity contribution in [3.8, 4) is 5.75 Å². The molecule has 1 amide bonds. The van der Waals surface area contributed by atoms with Gasteiger partial charge in [-0.05, 0) is 19.4 Å². The van der Waals surface area contributed by atoms with Crippen LogP contribution in [0.3, 0.4) is 0 Å². The average Bonchev–Trinajstić information content (AvgIpc) is 2.44. The van der Waals surface area contributed by atoms with Gasteiger partial charge < -0.3 is 20.5 Å². The minimum Gasteiger partial charge on any atom is -0.494 e. The van der Waals surface area contributed by atoms with Crippen LogP contribution < -0.4 is 15.8 Å². The maximum Gasteiger partial charge on any atom is 0.255 e. The zero-order valence-electron chi connectivity index (χ0n) is 11.1. The molecule has 104 valence electrons. The molecule has 0 aromatic carbocycles. The second kappa shape index (κ2) is 5.99. The van der Waals surface area contributed by atoms with Crippen LogP contribution in [0.5, 0.6) is 5.75 Å². The van der Waals surface area contributed by atoms with Crippen LogP contribution in [-0.4, -0.2) is 42.8 Å². The maximum absolute atomic E-state index is 12.2. The summed E-state index contributed by atoms with van der Waals surface area (Å²) in [6.07, 6.45) is 3.83. The van der Waals surface area contributed by atoms with Crippen molar-refractivity contribution >= 4 is 5.91 Å². The summed E-state index contributed by atoms with van der Waals surface area (Å²) in [5.74, 6) is 0.227. The summed E-state index contributed by atoms with van der Waals surface area (Å²) in [7, 11) is 1.51. The summed E-state index contributed by atoms with van der Waals surface area (Å²) in [4.78, 5) is 16.1. The number of nitrogens with one attached hydrogen (secondary N) is 1. The third-order valence-corrected chi connectivity index (χ3v) is 3.29. The molecule has 1 saturated carbocycles. The lowest BCUT2D eigenvalue weighted by molar-refractivity contribution is -0.0300. The van der Waals surface area contributed by atoms with Crippen molar-refractivity contribution in [3.05, 3.63) is 24.0 Å². The molecule has 1 aromatic heterocycles. The zero-order valence-corrected chi connectivity index (χ0v) is 11.1. The Balaban J connectivity index is 2.04. The van der Waals surface area contributed by atoms with Crippen LogP contribution in [-0.2, 0) is 4.74 Å². The zero-order chi connectivity index (χ0) is 13.8. The van der Waals surface area contributed by atoms with Crippen molar-refractivity contribution in [1.82, 2.24) is 10.3 Å². The number of ether oxygens (including phenoxy) is 2. The normalized spacial score (nSPS) is 25.5. The molecule has 3 unspecified atom stereocenters. The second-order valence-electron chi connectivity index (χ2n) is 4.47. The standard InChI is InChI=1S/C13H19N3O3/c1-3-19-10-6-9(14)12(10)16-13(17)8-4-5-15-7-11(8)18-2/h4-5,7,9-10,12H,3,6,14H2,1-2H3,(H,16,17). The van der Waals surface area contributed by atoms with Crippen molar-refractivity contribution in [1.29, 1.82) is 0 Å². The summed E-state index contributed by atoms with van der Waals surface area (Å²) >= 11 is 0. The molecule has 1 heterocycles. The summed E-state index contributed by atoms with van der Waals surface area (Å²) in [5, 5.41) is 2.90. The van der Waals surface area contributed by atoms with E-state index in [1.54, 1.807) is 12.3 Å². The highest BCUT2D eigenvalue weighted by atomic mass is 16.5. The van der Waals surface area contributed by atoms with Crippen LogP contribution in [0.2, 0.25) is 0 Å². The van der Waals surface area contributed by atoms with E-state index in [2.05, 4.69) is 10.3 Å². The largest absolute Gasteiger partial charge is 0.494 e. The maximum atomic E-state index is 12.2. The van der Waals surface area contributed by atoms with E-state index < -0.39 is 0 Å². The minimum atomic E-state index is -0.218. The molecule has 1 aromatic rings. The predicted octanol–water partition coefficient (Wildman–Crippen LogP) is 0.325. The van der Waals surface area contributed by atoms with Gasteiger partial charge in [0.05, 0.1) is 31.0 Å². The van der Waals surface area contributed by atoms with E-state index in [-0.39, 0.29) is 24.1 Å². The molecule has 3 N–H and O–H groups in total. The van der Waals surface area contributed by atoms with Crippen molar-refractivity contribution in [3.63, 3.8) is 0 Å². The minimum absolute atomic E-state index is 0.00298. The highest BCUT2D eigenvalue weighted by Gasteiger charge is 2.40. The number of hydrogen-bond acceptors (Lipinski definition) is 5. The first-order chi connectivity index (χ1) is 9.17. The van der Waals surface area contributed by atoms with Gasteiger partial charge in [0, 0.05) is 18.8 Å². The van der Waals surface area contributed by atoms with E-state index in [1.807, 2.05) is 6.92 Å². The van der Waals surface area contributed by atoms with Crippen molar-refractivity contribution < 1.29 is 14.3 Å². The Morgan fingerprint density at radius 3 is 3.05 bits per heavy atom. The van der Waals surface area contributed by atoms with Crippen LogP contribution >= 0.6 is 0 Å². The Hall–Kier alpha value is -1.66. The Morgan fingerprint density at radius 1 is 1.63 bits per heavy atom. The van der Waals surface area contributed by atoms with Gasteiger partial charge in [-0.15, -0.1) is 0 Å². The molecule has 0 bridgehead atoms. The second-order valence-corrected chi connectivity index (χ2v) is 4.47. The smallest absolute Gasteiger partial charge is 0.255 e. The molecule has 0 saturated heterocycles. The summed E-state index contributed by atoms with van der Waals surface area (Å²) in [6, 6.07) is 1.41. The molecule has 0 aliphatic heterocycles. The highest BCUT2D eigenvalue weighted by molar-refractivity contribution is 5.97. The molecular weight excluding hydrogens is 246 g/mol. The van der Waals surface area contributed by atoms with Gasteiger partial charge in [-0.3, -0.25) is 9.78 Å². The van der Waals surface area contributed by atoms with Gasteiger partial charge in [0.1, 0.15) is 5.75 Å². The van der Waals surface area contributed by atoms with E-state index in [0.29, 0.717) is 17.9 Å². The van der Waals surface area contributed by atoms with Crippen LogP contribution in [0.15, 0.2) is 18.5 Å². The van der Waals surface area contributed by atoms with Gasteiger partial charge in [-0.25, -0.2) is 0 Å². The SMILES string of the molecule is CCOC1CC(N)C1NC(=O)c1ccncc1OC. The van der Waals surface area contributed by atoms with E-state index in [9.17, 15) is 4.79 Å². The number of pyridine rings is 1. The van der Waals surface area contributed by atoms with Crippen LogP contribution in [0.25, 0.3) is 0 Å². The number of amides is 1. The fraction of sp³-hybridized carbons (Fsp3) is 0.538. The number of hydrogen-bond donors (Lipinski definition) is 2. The quantitative estimate of drug-likeness (QED) is 0.801.